The van der Waals surface area contributed by atoms with Crippen molar-refractivity contribution in [2.24, 2.45) is 5.41 Å². The molecule has 0 spiro atoms. The second kappa shape index (κ2) is 17.7. The monoisotopic (exact) mass is 642 g/mol. The molecule has 6 heteroatoms. The summed E-state index contributed by atoms with van der Waals surface area (Å²) in [5.41, 5.74) is 5.59. The van der Waals surface area contributed by atoms with Gasteiger partial charge in [-0.3, -0.25) is 0 Å². The second-order valence-corrected chi connectivity index (χ2v) is 13.4. The van der Waals surface area contributed by atoms with Gasteiger partial charge in [0.1, 0.15) is 17.2 Å². The summed E-state index contributed by atoms with van der Waals surface area (Å²) in [6.07, 6.45) is 12.9. The van der Waals surface area contributed by atoms with Crippen molar-refractivity contribution in [2.75, 3.05) is 39.6 Å². The average Bonchev–Trinajstić information content (AvgIpc) is 3.35. The minimum atomic E-state index is -0.368. The molecule has 0 saturated carbocycles. The van der Waals surface area contributed by atoms with Gasteiger partial charge in [0.05, 0.1) is 38.6 Å². The van der Waals surface area contributed by atoms with E-state index in [2.05, 4.69) is 45.0 Å². The van der Waals surface area contributed by atoms with Crippen LogP contribution in [0.5, 0.6) is 17.2 Å². The Hall–Kier alpha value is -3.35. The number of ether oxygens (including phenoxy) is 5. The molecule has 0 aromatic heterocycles. The number of carbonyl (C=O) groups is 1. The number of hydrogen-bond acceptors (Lipinski definition) is 6. The zero-order valence-corrected chi connectivity index (χ0v) is 28.8. The summed E-state index contributed by atoms with van der Waals surface area (Å²) < 4.78 is 29.1. The summed E-state index contributed by atoms with van der Waals surface area (Å²) in [7, 11) is 0. The van der Waals surface area contributed by atoms with Gasteiger partial charge >= 0.3 is 5.97 Å². The molecule has 1 aliphatic carbocycles. The van der Waals surface area contributed by atoms with Crippen LogP contribution in [0.3, 0.4) is 0 Å². The Balaban J connectivity index is 1.03. The Bertz CT molecular complexity index is 1400. The number of unbranched alkanes of at least 4 members (excludes halogenated alkanes) is 8. The number of esters is 1. The van der Waals surface area contributed by atoms with Crippen molar-refractivity contribution < 1.29 is 28.5 Å². The summed E-state index contributed by atoms with van der Waals surface area (Å²) in [6.45, 7) is 11.4. The minimum absolute atomic E-state index is 0.184. The molecular formula is C41H54O6. The maximum atomic E-state index is 12.9. The molecule has 1 saturated heterocycles. The molecule has 3 aromatic carbocycles. The van der Waals surface area contributed by atoms with E-state index < -0.39 is 0 Å². The molecule has 0 N–H and O–H groups in total. The van der Waals surface area contributed by atoms with Gasteiger partial charge in [0, 0.05) is 17.9 Å². The Morgan fingerprint density at radius 3 is 1.87 bits per heavy atom. The lowest BCUT2D eigenvalue weighted by Crippen LogP contribution is -2.45. The zero-order chi connectivity index (χ0) is 32.9. The molecule has 47 heavy (non-hydrogen) atoms. The van der Waals surface area contributed by atoms with Crippen LogP contribution in [0.2, 0.25) is 0 Å². The lowest BCUT2D eigenvalue weighted by molar-refractivity contribution is -0.150. The molecule has 1 unspecified atom stereocenters. The second-order valence-electron chi connectivity index (χ2n) is 13.4. The Morgan fingerprint density at radius 1 is 0.702 bits per heavy atom. The van der Waals surface area contributed by atoms with Crippen LogP contribution >= 0.6 is 0 Å². The molecule has 3 aromatic rings. The summed E-state index contributed by atoms with van der Waals surface area (Å²) in [4.78, 5) is 12.9. The van der Waals surface area contributed by atoms with E-state index in [1.165, 1.54) is 48.8 Å². The molecule has 2 aliphatic rings. The highest BCUT2D eigenvalue weighted by Crippen LogP contribution is 2.47. The summed E-state index contributed by atoms with van der Waals surface area (Å²) >= 11 is 0. The van der Waals surface area contributed by atoms with E-state index in [1.54, 1.807) is 12.1 Å². The number of carbonyl (C=O) groups excluding carboxylic acids is 1. The van der Waals surface area contributed by atoms with Crippen LogP contribution in [0.25, 0.3) is 11.1 Å². The fraction of sp³-hybridized carbons (Fsp3) is 0.537. The molecule has 1 fully saturated rings. The predicted molar refractivity (Wildman–Crippen MR) is 188 cm³/mol. The van der Waals surface area contributed by atoms with Crippen LogP contribution in [0.15, 0.2) is 60.7 Å². The fourth-order valence-electron chi connectivity index (χ4n) is 6.45. The quantitative estimate of drug-likeness (QED) is 0.0655. The zero-order valence-electron chi connectivity index (χ0n) is 28.8. The predicted octanol–water partition coefficient (Wildman–Crippen LogP) is 10.2. The first-order valence-corrected chi connectivity index (χ1v) is 18.0. The lowest BCUT2D eigenvalue weighted by Gasteiger charge is -2.40. The third-order valence-corrected chi connectivity index (χ3v) is 9.76. The number of benzene rings is 3. The third-order valence-electron chi connectivity index (χ3n) is 9.76. The van der Waals surface area contributed by atoms with Gasteiger partial charge in [0.2, 0.25) is 0 Å². The van der Waals surface area contributed by atoms with E-state index in [4.69, 9.17) is 23.7 Å². The highest BCUT2D eigenvalue weighted by atomic mass is 16.5. The van der Waals surface area contributed by atoms with Crippen molar-refractivity contribution in [1.82, 2.24) is 0 Å². The van der Waals surface area contributed by atoms with E-state index in [9.17, 15) is 4.79 Å². The van der Waals surface area contributed by atoms with Gasteiger partial charge in [-0.25, -0.2) is 4.79 Å². The molecule has 254 valence electrons. The maximum absolute atomic E-state index is 12.9. The largest absolute Gasteiger partial charge is 0.494 e. The fourth-order valence-corrected chi connectivity index (χ4v) is 6.45. The molecule has 6 nitrogen and oxygen atoms in total. The molecule has 0 amide bonds. The van der Waals surface area contributed by atoms with Crippen LogP contribution in [0, 0.1) is 5.41 Å². The highest BCUT2D eigenvalue weighted by Gasteiger charge is 2.36. The average molecular weight is 643 g/mol. The van der Waals surface area contributed by atoms with Crippen LogP contribution in [0.4, 0.5) is 0 Å². The lowest BCUT2D eigenvalue weighted by atomic mass is 9.84. The Morgan fingerprint density at radius 2 is 1.26 bits per heavy atom. The molecule has 1 heterocycles. The van der Waals surface area contributed by atoms with Crippen LogP contribution in [-0.2, 0) is 9.47 Å². The Labute approximate surface area is 282 Å². The van der Waals surface area contributed by atoms with Crippen LogP contribution in [-0.4, -0.2) is 45.6 Å². The summed E-state index contributed by atoms with van der Waals surface area (Å²) in [5.74, 6) is 2.06. The van der Waals surface area contributed by atoms with Crippen molar-refractivity contribution in [3.8, 4) is 28.4 Å². The summed E-state index contributed by atoms with van der Waals surface area (Å²) in [6, 6.07) is 19.6. The normalized spacial score (nSPS) is 15.9. The molecule has 0 radical (unpaired) electrons. The topological polar surface area (TPSA) is 63.2 Å². The molecule has 1 atom stereocenters. The molecule has 5 rings (SSSR count). The Kier molecular flexibility index (Phi) is 13.2. The van der Waals surface area contributed by atoms with Gasteiger partial charge in [-0.05, 0) is 103 Å². The van der Waals surface area contributed by atoms with Crippen LogP contribution in [0.1, 0.15) is 119 Å². The van der Waals surface area contributed by atoms with E-state index in [0.29, 0.717) is 24.5 Å². The van der Waals surface area contributed by atoms with Gasteiger partial charge in [-0.15, -0.1) is 0 Å². The highest BCUT2D eigenvalue weighted by molar-refractivity contribution is 5.91. The summed E-state index contributed by atoms with van der Waals surface area (Å²) in [5, 5.41) is 0. The SMILES string of the molecule is CCCCCCCCOc1ccc(C(=O)Oc2ccc3c(c2)C(C)c2cc(OCCCCCCOCC4(CC)COC4)ccc2-3)cc1. The van der Waals surface area contributed by atoms with E-state index in [-0.39, 0.29) is 17.3 Å². The van der Waals surface area contributed by atoms with Gasteiger partial charge < -0.3 is 23.7 Å². The molecular weight excluding hydrogens is 588 g/mol. The van der Waals surface area contributed by atoms with Gasteiger partial charge in [-0.2, -0.15) is 0 Å². The van der Waals surface area contributed by atoms with Gasteiger partial charge in [0.25, 0.3) is 0 Å². The van der Waals surface area contributed by atoms with Crippen molar-refractivity contribution in [3.63, 3.8) is 0 Å². The van der Waals surface area contributed by atoms with E-state index >= 15 is 0 Å². The van der Waals surface area contributed by atoms with Crippen molar-refractivity contribution in [2.45, 2.75) is 97.3 Å². The van der Waals surface area contributed by atoms with E-state index in [0.717, 1.165) is 82.0 Å². The first kappa shape index (κ1) is 35.0. The smallest absolute Gasteiger partial charge is 0.343 e. The van der Waals surface area contributed by atoms with Crippen molar-refractivity contribution >= 4 is 5.97 Å². The van der Waals surface area contributed by atoms with Gasteiger partial charge in [0.15, 0.2) is 0 Å². The minimum Gasteiger partial charge on any atom is -0.494 e. The van der Waals surface area contributed by atoms with Crippen molar-refractivity contribution in [3.05, 3.63) is 77.4 Å². The van der Waals surface area contributed by atoms with Crippen molar-refractivity contribution in [1.29, 1.82) is 0 Å². The first-order valence-electron chi connectivity index (χ1n) is 18.0. The number of fused-ring (bicyclic) bond motifs is 3. The maximum Gasteiger partial charge on any atom is 0.343 e. The van der Waals surface area contributed by atoms with E-state index in [1.807, 2.05) is 24.3 Å². The molecule has 0 bridgehead atoms. The third kappa shape index (κ3) is 9.61. The molecule has 1 aliphatic heterocycles. The van der Waals surface area contributed by atoms with Gasteiger partial charge in [-0.1, -0.05) is 71.4 Å². The number of rotatable bonds is 21. The van der Waals surface area contributed by atoms with Crippen LogP contribution < -0.4 is 14.2 Å². The standard InChI is InChI=1S/C41H54O6/c1-4-6-7-8-9-13-24-45-33-17-15-32(16-18-33)40(42)47-35-20-22-37-36-21-19-34(26-38(36)31(3)39(37)27-35)46-25-14-11-10-12-23-43-28-41(5-2)29-44-30-41/h15-22,26-27,31H,4-14,23-25,28-30H2,1-3H3. The number of hydrogen-bond donors (Lipinski definition) is 0. The first-order chi connectivity index (χ1) is 23.0.